The minimum absolute atomic E-state index is 0.0284. The zero-order valence-electron chi connectivity index (χ0n) is 8.66. The van der Waals surface area contributed by atoms with E-state index in [1.165, 1.54) is 0 Å². The molecule has 0 amide bonds. The molecule has 0 unspecified atom stereocenters. The van der Waals surface area contributed by atoms with Crippen molar-refractivity contribution in [2.24, 2.45) is 5.73 Å². The van der Waals surface area contributed by atoms with Crippen LogP contribution in [0, 0.1) is 0 Å². The summed E-state index contributed by atoms with van der Waals surface area (Å²) in [5.74, 6) is 0.829. The van der Waals surface area contributed by atoms with Crippen molar-refractivity contribution in [1.29, 1.82) is 0 Å². The van der Waals surface area contributed by atoms with Crippen LogP contribution in [-0.4, -0.2) is 18.8 Å². The molecule has 1 rings (SSSR count). The van der Waals surface area contributed by atoms with Gasteiger partial charge in [-0.3, -0.25) is 0 Å². The van der Waals surface area contributed by atoms with Gasteiger partial charge in [0.1, 0.15) is 5.75 Å². The van der Waals surface area contributed by atoms with Crippen molar-refractivity contribution in [2.45, 2.75) is 19.4 Å². The average Bonchev–Trinajstić information content (AvgIpc) is 2.27. The van der Waals surface area contributed by atoms with Crippen LogP contribution in [-0.2, 0) is 6.42 Å². The molecule has 0 aliphatic carbocycles. The molecule has 14 heavy (non-hydrogen) atoms. The SMILES string of the molecule is CCc1cc(OC)ccc1[C@H](N)CO. The van der Waals surface area contributed by atoms with Gasteiger partial charge in [0.15, 0.2) is 0 Å². The van der Waals surface area contributed by atoms with Crippen LogP contribution < -0.4 is 10.5 Å². The van der Waals surface area contributed by atoms with Gasteiger partial charge in [-0.2, -0.15) is 0 Å². The lowest BCUT2D eigenvalue weighted by atomic mass is 9.99. The summed E-state index contributed by atoms with van der Waals surface area (Å²) in [7, 11) is 1.64. The van der Waals surface area contributed by atoms with Crippen molar-refractivity contribution in [3.05, 3.63) is 29.3 Å². The van der Waals surface area contributed by atoms with Crippen LogP contribution in [0.25, 0.3) is 0 Å². The molecule has 0 heterocycles. The summed E-state index contributed by atoms with van der Waals surface area (Å²) in [6, 6.07) is 5.45. The third kappa shape index (κ3) is 2.25. The summed E-state index contributed by atoms with van der Waals surface area (Å²) in [5.41, 5.74) is 7.90. The van der Waals surface area contributed by atoms with Crippen LogP contribution in [0.5, 0.6) is 5.75 Å². The van der Waals surface area contributed by atoms with Gasteiger partial charge in [0.25, 0.3) is 0 Å². The van der Waals surface area contributed by atoms with Gasteiger partial charge >= 0.3 is 0 Å². The van der Waals surface area contributed by atoms with Crippen LogP contribution >= 0.6 is 0 Å². The fourth-order valence-electron chi connectivity index (χ4n) is 1.48. The maximum atomic E-state index is 8.98. The molecule has 0 saturated heterocycles. The predicted octanol–water partition coefficient (Wildman–Crippen LogP) is 1.25. The van der Waals surface area contributed by atoms with Gasteiger partial charge in [-0.1, -0.05) is 13.0 Å². The number of methoxy groups -OCH3 is 1. The highest BCUT2D eigenvalue weighted by Gasteiger charge is 2.09. The lowest BCUT2D eigenvalue weighted by Crippen LogP contribution is -2.16. The highest BCUT2D eigenvalue weighted by Crippen LogP contribution is 2.22. The number of ether oxygens (including phenoxy) is 1. The Balaban J connectivity index is 3.04. The monoisotopic (exact) mass is 195 g/mol. The Morgan fingerprint density at radius 3 is 2.71 bits per heavy atom. The first-order chi connectivity index (χ1) is 6.72. The van der Waals surface area contributed by atoms with Gasteiger partial charge in [0.05, 0.1) is 19.8 Å². The zero-order valence-corrected chi connectivity index (χ0v) is 8.66. The quantitative estimate of drug-likeness (QED) is 0.760. The Kier molecular flexibility index (Phi) is 3.92. The van der Waals surface area contributed by atoms with Gasteiger partial charge in [0, 0.05) is 0 Å². The average molecular weight is 195 g/mol. The van der Waals surface area contributed by atoms with Crippen LogP contribution in [0.3, 0.4) is 0 Å². The molecule has 0 aromatic heterocycles. The first-order valence-corrected chi connectivity index (χ1v) is 4.76. The Morgan fingerprint density at radius 2 is 2.21 bits per heavy atom. The highest BCUT2D eigenvalue weighted by molar-refractivity contribution is 5.37. The summed E-state index contributed by atoms with van der Waals surface area (Å²) in [6.45, 7) is 2.03. The maximum absolute atomic E-state index is 8.98. The van der Waals surface area contributed by atoms with Crippen molar-refractivity contribution in [1.82, 2.24) is 0 Å². The molecule has 0 bridgehead atoms. The van der Waals surface area contributed by atoms with Gasteiger partial charge in [0.2, 0.25) is 0 Å². The number of aliphatic hydroxyl groups excluding tert-OH is 1. The molecular formula is C11H17NO2. The van der Waals surface area contributed by atoms with Crippen LogP contribution in [0.15, 0.2) is 18.2 Å². The summed E-state index contributed by atoms with van der Waals surface area (Å²) >= 11 is 0. The minimum atomic E-state index is -0.296. The largest absolute Gasteiger partial charge is 0.497 e. The van der Waals surface area contributed by atoms with E-state index in [2.05, 4.69) is 6.92 Å². The third-order valence-corrected chi connectivity index (χ3v) is 2.33. The van der Waals surface area contributed by atoms with E-state index in [-0.39, 0.29) is 12.6 Å². The molecule has 3 nitrogen and oxygen atoms in total. The number of hydrogen-bond acceptors (Lipinski definition) is 3. The molecule has 0 radical (unpaired) electrons. The van der Waals surface area contributed by atoms with Gasteiger partial charge in [-0.05, 0) is 29.7 Å². The Morgan fingerprint density at radius 1 is 1.50 bits per heavy atom. The van der Waals surface area contributed by atoms with Crippen LogP contribution in [0.1, 0.15) is 24.1 Å². The molecule has 3 N–H and O–H groups in total. The lowest BCUT2D eigenvalue weighted by Gasteiger charge is -2.14. The second kappa shape index (κ2) is 4.98. The van der Waals surface area contributed by atoms with Crippen molar-refractivity contribution in [2.75, 3.05) is 13.7 Å². The Hall–Kier alpha value is -1.06. The standard InChI is InChI=1S/C11H17NO2/c1-3-8-6-9(14-2)4-5-10(8)11(12)7-13/h4-6,11,13H,3,7,12H2,1-2H3/t11-/m1/s1. The van der Waals surface area contributed by atoms with Crippen LogP contribution in [0.2, 0.25) is 0 Å². The normalized spacial score (nSPS) is 12.6. The first-order valence-electron chi connectivity index (χ1n) is 4.76. The fourth-order valence-corrected chi connectivity index (χ4v) is 1.48. The van der Waals surface area contributed by atoms with E-state index in [1.54, 1.807) is 7.11 Å². The van der Waals surface area contributed by atoms with Crippen LogP contribution in [0.4, 0.5) is 0 Å². The van der Waals surface area contributed by atoms with Gasteiger partial charge in [-0.15, -0.1) is 0 Å². The summed E-state index contributed by atoms with van der Waals surface area (Å²) in [5, 5.41) is 8.98. The number of hydrogen-bond donors (Lipinski definition) is 2. The molecule has 1 atom stereocenters. The number of rotatable bonds is 4. The van der Waals surface area contributed by atoms with E-state index in [1.807, 2.05) is 18.2 Å². The first kappa shape index (κ1) is 11.0. The highest BCUT2D eigenvalue weighted by atomic mass is 16.5. The maximum Gasteiger partial charge on any atom is 0.119 e. The summed E-state index contributed by atoms with van der Waals surface area (Å²) in [6.07, 6.45) is 0.889. The molecule has 0 saturated carbocycles. The predicted molar refractivity (Wildman–Crippen MR) is 56.4 cm³/mol. The van der Waals surface area contributed by atoms with E-state index < -0.39 is 0 Å². The molecular weight excluding hydrogens is 178 g/mol. The molecule has 0 aliphatic rings. The molecule has 78 valence electrons. The molecule has 0 aliphatic heterocycles. The van der Waals surface area contributed by atoms with E-state index in [0.29, 0.717) is 0 Å². The van der Waals surface area contributed by atoms with Crippen molar-refractivity contribution < 1.29 is 9.84 Å². The smallest absolute Gasteiger partial charge is 0.119 e. The van der Waals surface area contributed by atoms with Gasteiger partial charge < -0.3 is 15.6 Å². The fraction of sp³-hybridized carbons (Fsp3) is 0.455. The Bertz CT molecular complexity index is 299. The second-order valence-electron chi connectivity index (χ2n) is 3.21. The lowest BCUT2D eigenvalue weighted by molar-refractivity contribution is 0.267. The molecule has 3 heteroatoms. The number of aryl methyl sites for hydroxylation is 1. The number of aliphatic hydroxyl groups is 1. The molecule has 1 aromatic rings. The molecule has 0 fully saturated rings. The summed E-state index contributed by atoms with van der Waals surface area (Å²) < 4.78 is 5.12. The Labute approximate surface area is 84.5 Å². The van der Waals surface area contributed by atoms with Crippen molar-refractivity contribution >= 4 is 0 Å². The number of nitrogens with two attached hydrogens (primary N) is 1. The van der Waals surface area contributed by atoms with E-state index in [9.17, 15) is 0 Å². The number of benzene rings is 1. The van der Waals surface area contributed by atoms with E-state index in [0.717, 1.165) is 23.3 Å². The van der Waals surface area contributed by atoms with Gasteiger partial charge in [-0.25, -0.2) is 0 Å². The third-order valence-electron chi connectivity index (χ3n) is 2.33. The topological polar surface area (TPSA) is 55.5 Å². The van der Waals surface area contributed by atoms with Crippen molar-refractivity contribution in [3.8, 4) is 5.75 Å². The summed E-state index contributed by atoms with van der Waals surface area (Å²) in [4.78, 5) is 0. The molecule has 0 spiro atoms. The van der Waals surface area contributed by atoms with E-state index >= 15 is 0 Å². The zero-order chi connectivity index (χ0) is 10.6. The minimum Gasteiger partial charge on any atom is -0.497 e. The molecule has 1 aromatic carbocycles. The van der Waals surface area contributed by atoms with Crippen molar-refractivity contribution in [3.63, 3.8) is 0 Å². The van der Waals surface area contributed by atoms with E-state index in [4.69, 9.17) is 15.6 Å². The second-order valence-corrected chi connectivity index (χ2v) is 3.21.